The van der Waals surface area contributed by atoms with Gasteiger partial charge in [0.25, 0.3) is 5.91 Å². The molecule has 1 aliphatic heterocycles. The standard InChI is InChI=1S/C28H30N2O3/c1-4-33-24-15-13-21(14-16-24)19-30-26(31)25-12-8-7-10-22(25)17-28(30,3)27(32)29-18-23-11-6-5-9-20(23)2/h5-16H,4,17-19H2,1-3H3,(H,29,32)/t28-/m1/s1. The molecule has 170 valence electrons. The molecule has 3 aromatic carbocycles. The molecular weight excluding hydrogens is 412 g/mol. The molecule has 0 spiro atoms. The van der Waals surface area contributed by atoms with Crippen molar-refractivity contribution < 1.29 is 14.3 Å². The number of benzene rings is 3. The third-order valence-electron chi connectivity index (χ3n) is 6.39. The fourth-order valence-electron chi connectivity index (χ4n) is 4.38. The first-order chi connectivity index (χ1) is 15.9. The minimum atomic E-state index is -1.01. The Balaban J connectivity index is 1.62. The zero-order valence-corrected chi connectivity index (χ0v) is 19.4. The van der Waals surface area contributed by atoms with E-state index in [2.05, 4.69) is 5.32 Å². The van der Waals surface area contributed by atoms with Gasteiger partial charge in [-0.2, -0.15) is 0 Å². The maximum absolute atomic E-state index is 13.6. The summed E-state index contributed by atoms with van der Waals surface area (Å²) in [6, 6.07) is 23.3. The van der Waals surface area contributed by atoms with Crippen molar-refractivity contribution in [2.24, 2.45) is 0 Å². The first-order valence-corrected chi connectivity index (χ1v) is 11.4. The van der Waals surface area contributed by atoms with Gasteiger partial charge in [0.05, 0.1) is 6.61 Å². The van der Waals surface area contributed by atoms with Gasteiger partial charge in [0, 0.05) is 25.1 Å². The molecule has 4 rings (SSSR count). The third-order valence-corrected chi connectivity index (χ3v) is 6.39. The van der Waals surface area contributed by atoms with Gasteiger partial charge in [0.1, 0.15) is 11.3 Å². The Morgan fingerprint density at radius 3 is 2.45 bits per heavy atom. The van der Waals surface area contributed by atoms with Crippen LogP contribution in [0.25, 0.3) is 0 Å². The number of nitrogens with zero attached hydrogens (tertiary/aromatic N) is 1. The number of carbonyl (C=O) groups excluding carboxylic acids is 2. The average Bonchev–Trinajstić information content (AvgIpc) is 2.82. The summed E-state index contributed by atoms with van der Waals surface area (Å²) in [6.45, 7) is 7.20. The van der Waals surface area contributed by atoms with Crippen LogP contribution in [0.3, 0.4) is 0 Å². The molecule has 0 aromatic heterocycles. The van der Waals surface area contributed by atoms with Crippen LogP contribution in [0.4, 0.5) is 0 Å². The van der Waals surface area contributed by atoms with Gasteiger partial charge in [0.2, 0.25) is 5.91 Å². The highest BCUT2D eigenvalue weighted by Crippen LogP contribution is 2.33. The second kappa shape index (κ2) is 9.49. The van der Waals surface area contributed by atoms with E-state index in [0.29, 0.717) is 31.7 Å². The predicted octanol–water partition coefficient (Wildman–Crippen LogP) is 4.67. The summed E-state index contributed by atoms with van der Waals surface area (Å²) >= 11 is 0. The molecular formula is C28H30N2O3. The van der Waals surface area contributed by atoms with Gasteiger partial charge in [-0.1, -0.05) is 54.6 Å². The lowest BCUT2D eigenvalue weighted by atomic mass is 9.82. The quantitative estimate of drug-likeness (QED) is 0.579. The van der Waals surface area contributed by atoms with Crippen LogP contribution in [-0.2, 0) is 24.3 Å². The summed E-state index contributed by atoms with van der Waals surface area (Å²) in [5.41, 5.74) is 3.69. The molecule has 2 amide bonds. The van der Waals surface area contributed by atoms with Crippen molar-refractivity contribution in [1.29, 1.82) is 0 Å². The highest BCUT2D eigenvalue weighted by atomic mass is 16.5. The zero-order valence-electron chi connectivity index (χ0n) is 19.4. The first kappa shape index (κ1) is 22.6. The van der Waals surface area contributed by atoms with Crippen LogP contribution in [0.1, 0.15) is 46.5 Å². The monoisotopic (exact) mass is 442 g/mol. The fourth-order valence-corrected chi connectivity index (χ4v) is 4.38. The Morgan fingerprint density at radius 1 is 1.03 bits per heavy atom. The second-order valence-corrected chi connectivity index (χ2v) is 8.69. The Morgan fingerprint density at radius 2 is 1.73 bits per heavy atom. The lowest BCUT2D eigenvalue weighted by Gasteiger charge is -2.44. The number of nitrogens with one attached hydrogen (secondary N) is 1. The molecule has 5 nitrogen and oxygen atoms in total. The topological polar surface area (TPSA) is 58.6 Å². The molecule has 0 saturated heterocycles. The number of amides is 2. The molecule has 1 atom stereocenters. The summed E-state index contributed by atoms with van der Waals surface area (Å²) < 4.78 is 5.54. The minimum absolute atomic E-state index is 0.126. The Bertz CT molecular complexity index is 1160. The van der Waals surface area contributed by atoms with E-state index in [0.717, 1.165) is 28.0 Å². The molecule has 0 bridgehead atoms. The maximum atomic E-state index is 13.6. The number of fused-ring (bicyclic) bond motifs is 1. The Kier molecular flexibility index (Phi) is 6.50. The summed E-state index contributed by atoms with van der Waals surface area (Å²) in [4.78, 5) is 28.8. The van der Waals surface area contributed by atoms with Crippen molar-refractivity contribution in [3.63, 3.8) is 0 Å². The van der Waals surface area contributed by atoms with Gasteiger partial charge in [-0.3, -0.25) is 9.59 Å². The van der Waals surface area contributed by atoms with Crippen LogP contribution < -0.4 is 10.1 Å². The number of rotatable bonds is 7. The average molecular weight is 443 g/mol. The van der Waals surface area contributed by atoms with Gasteiger partial charge in [-0.25, -0.2) is 0 Å². The van der Waals surface area contributed by atoms with Crippen LogP contribution in [0.15, 0.2) is 72.8 Å². The molecule has 1 heterocycles. The van der Waals surface area contributed by atoms with Gasteiger partial charge < -0.3 is 15.0 Å². The number of aryl methyl sites for hydroxylation is 1. The molecule has 0 unspecified atom stereocenters. The van der Waals surface area contributed by atoms with Crippen LogP contribution in [0, 0.1) is 6.92 Å². The van der Waals surface area contributed by atoms with E-state index in [1.807, 2.05) is 93.6 Å². The summed E-state index contributed by atoms with van der Waals surface area (Å²) in [5.74, 6) is 0.508. The second-order valence-electron chi connectivity index (χ2n) is 8.69. The van der Waals surface area contributed by atoms with Crippen LogP contribution in [0.2, 0.25) is 0 Å². The first-order valence-electron chi connectivity index (χ1n) is 11.4. The summed E-state index contributed by atoms with van der Waals surface area (Å²) in [6.07, 6.45) is 0.464. The lowest BCUT2D eigenvalue weighted by Crippen LogP contribution is -2.62. The Hall–Kier alpha value is -3.60. The molecule has 0 radical (unpaired) electrons. The van der Waals surface area contributed by atoms with Crippen molar-refractivity contribution in [3.05, 3.63) is 101 Å². The smallest absolute Gasteiger partial charge is 0.255 e. The van der Waals surface area contributed by atoms with Crippen molar-refractivity contribution in [2.45, 2.75) is 45.8 Å². The van der Waals surface area contributed by atoms with E-state index < -0.39 is 5.54 Å². The van der Waals surface area contributed by atoms with Crippen LogP contribution in [-0.4, -0.2) is 28.9 Å². The SMILES string of the molecule is CCOc1ccc(CN2C(=O)c3ccccc3C[C@]2(C)C(=O)NCc2ccccc2C)cc1. The molecule has 1 aliphatic rings. The highest BCUT2D eigenvalue weighted by molar-refractivity contribution is 6.02. The van der Waals surface area contributed by atoms with E-state index in [1.54, 1.807) is 4.90 Å². The third kappa shape index (κ3) is 4.63. The zero-order chi connectivity index (χ0) is 23.4. The van der Waals surface area contributed by atoms with Crippen molar-refractivity contribution in [2.75, 3.05) is 6.61 Å². The van der Waals surface area contributed by atoms with E-state index in [1.165, 1.54) is 0 Å². The van der Waals surface area contributed by atoms with Crippen molar-refractivity contribution in [1.82, 2.24) is 10.2 Å². The lowest BCUT2D eigenvalue weighted by molar-refractivity contribution is -0.132. The number of hydrogen-bond acceptors (Lipinski definition) is 3. The Labute approximate surface area is 195 Å². The molecule has 0 saturated carbocycles. The normalized spacial score (nSPS) is 17.4. The molecule has 33 heavy (non-hydrogen) atoms. The van der Waals surface area contributed by atoms with Gasteiger partial charge in [-0.05, 0) is 61.2 Å². The molecule has 0 fully saturated rings. The predicted molar refractivity (Wildman–Crippen MR) is 129 cm³/mol. The maximum Gasteiger partial charge on any atom is 0.255 e. The van der Waals surface area contributed by atoms with Crippen molar-refractivity contribution >= 4 is 11.8 Å². The van der Waals surface area contributed by atoms with Gasteiger partial charge >= 0.3 is 0 Å². The highest BCUT2D eigenvalue weighted by Gasteiger charge is 2.46. The summed E-state index contributed by atoms with van der Waals surface area (Å²) in [7, 11) is 0. The summed E-state index contributed by atoms with van der Waals surface area (Å²) in [5, 5.41) is 3.09. The van der Waals surface area contributed by atoms with Crippen LogP contribution >= 0.6 is 0 Å². The fraction of sp³-hybridized carbons (Fsp3) is 0.286. The number of ether oxygens (including phenoxy) is 1. The van der Waals surface area contributed by atoms with Crippen molar-refractivity contribution in [3.8, 4) is 5.75 Å². The van der Waals surface area contributed by atoms with E-state index in [9.17, 15) is 9.59 Å². The van der Waals surface area contributed by atoms with E-state index >= 15 is 0 Å². The molecule has 1 N–H and O–H groups in total. The van der Waals surface area contributed by atoms with Gasteiger partial charge in [0.15, 0.2) is 0 Å². The van der Waals surface area contributed by atoms with Gasteiger partial charge in [-0.15, -0.1) is 0 Å². The van der Waals surface area contributed by atoms with E-state index in [-0.39, 0.29) is 11.8 Å². The molecule has 3 aromatic rings. The number of hydrogen-bond donors (Lipinski definition) is 1. The number of carbonyl (C=O) groups is 2. The van der Waals surface area contributed by atoms with E-state index in [4.69, 9.17) is 4.74 Å². The molecule has 5 heteroatoms. The molecule has 0 aliphatic carbocycles. The van der Waals surface area contributed by atoms with Crippen LogP contribution in [0.5, 0.6) is 5.75 Å². The largest absolute Gasteiger partial charge is 0.494 e. The minimum Gasteiger partial charge on any atom is -0.494 e.